The third kappa shape index (κ3) is 4.32. The Hall–Kier alpha value is -3.56. The van der Waals surface area contributed by atoms with E-state index in [1.54, 1.807) is 0 Å². The summed E-state index contributed by atoms with van der Waals surface area (Å²) < 4.78 is 1.03. The van der Waals surface area contributed by atoms with E-state index < -0.39 is 0 Å². The van der Waals surface area contributed by atoms with E-state index in [2.05, 4.69) is 94.8 Å². The van der Waals surface area contributed by atoms with Crippen LogP contribution in [0.2, 0.25) is 0 Å². The summed E-state index contributed by atoms with van der Waals surface area (Å²) in [5.74, 6) is 0.718. The van der Waals surface area contributed by atoms with Crippen molar-refractivity contribution in [2.24, 2.45) is 0 Å². The molecule has 0 radical (unpaired) electrons. The lowest BCUT2D eigenvalue weighted by Gasteiger charge is -2.10. The van der Waals surface area contributed by atoms with Gasteiger partial charge in [-0.2, -0.15) is 0 Å². The first-order chi connectivity index (χ1) is 15.3. The Bertz CT molecular complexity index is 1310. The van der Waals surface area contributed by atoms with Gasteiger partial charge in [0, 0.05) is 21.2 Å². The van der Waals surface area contributed by atoms with Gasteiger partial charge in [-0.1, -0.05) is 113 Å². The molecule has 0 saturated heterocycles. The highest BCUT2D eigenvalue weighted by atomic mass is 79.9. The molecule has 1 heterocycles. The third-order valence-corrected chi connectivity index (χ3v) is 5.66. The molecule has 5 aromatic rings. The SMILES string of the molecule is Brc1cccc(-c2cc(-c3ccccc3)nc(-c3ccc(-c4ccccc4)cc3)n2)c1. The largest absolute Gasteiger partial charge is 0.228 e. The molecule has 0 unspecified atom stereocenters. The zero-order valence-corrected chi connectivity index (χ0v) is 18.3. The molecule has 0 spiro atoms. The first kappa shape index (κ1) is 19.4. The van der Waals surface area contributed by atoms with Gasteiger partial charge in [0.15, 0.2) is 5.82 Å². The zero-order valence-electron chi connectivity index (χ0n) is 16.7. The van der Waals surface area contributed by atoms with Crippen molar-refractivity contribution in [3.63, 3.8) is 0 Å². The Morgan fingerprint density at radius 2 is 0.935 bits per heavy atom. The van der Waals surface area contributed by atoms with Crippen molar-refractivity contribution >= 4 is 15.9 Å². The summed E-state index contributed by atoms with van der Waals surface area (Å²) in [6.07, 6.45) is 0. The summed E-state index contributed by atoms with van der Waals surface area (Å²) in [6.45, 7) is 0. The quantitative estimate of drug-likeness (QED) is 0.271. The number of hydrogen-bond acceptors (Lipinski definition) is 2. The van der Waals surface area contributed by atoms with E-state index in [4.69, 9.17) is 9.97 Å². The second-order valence-corrected chi connectivity index (χ2v) is 8.20. The second-order valence-electron chi connectivity index (χ2n) is 7.28. The Labute approximate surface area is 190 Å². The average molecular weight is 463 g/mol. The van der Waals surface area contributed by atoms with Gasteiger partial charge in [0.05, 0.1) is 11.4 Å². The highest BCUT2D eigenvalue weighted by molar-refractivity contribution is 9.10. The minimum atomic E-state index is 0.718. The maximum Gasteiger partial charge on any atom is 0.160 e. The van der Waals surface area contributed by atoms with Gasteiger partial charge in [0.2, 0.25) is 0 Å². The van der Waals surface area contributed by atoms with E-state index in [9.17, 15) is 0 Å². The van der Waals surface area contributed by atoms with Gasteiger partial charge in [0.1, 0.15) is 0 Å². The minimum absolute atomic E-state index is 0.718. The number of benzene rings is 4. The van der Waals surface area contributed by atoms with E-state index in [0.717, 1.165) is 38.4 Å². The molecule has 0 atom stereocenters. The number of halogens is 1. The topological polar surface area (TPSA) is 25.8 Å². The smallest absolute Gasteiger partial charge is 0.160 e. The molecule has 2 nitrogen and oxygen atoms in total. The first-order valence-electron chi connectivity index (χ1n) is 10.1. The first-order valence-corrected chi connectivity index (χ1v) is 10.9. The number of nitrogens with zero attached hydrogens (tertiary/aromatic N) is 2. The van der Waals surface area contributed by atoms with Crippen LogP contribution in [0.3, 0.4) is 0 Å². The van der Waals surface area contributed by atoms with Crippen LogP contribution >= 0.6 is 15.9 Å². The fourth-order valence-corrected chi connectivity index (χ4v) is 3.97. The monoisotopic (exact) mass is 462 g/mol. The minimum Gasteiger partial charge on any atom is -0.228 e. The third-order valence-electron chi connectivity index (χ3n) is 5.17. The summed E-state index contributed by atoms with van der Waals surface area (Å²) in [5.41, 5.74) is 7.30. The van der Waals surface area contributed by atoms with Gasteiger partial charge in [-0.05, 0) is 29.3 Å². The summed E-state index contributed by atoms with van der Waals surface area (Å²) in [5, 5.41) is 0. The number of aromatic nitrogens is 2. The predicted molar refractivity (Wildman–Crippen MR) is 131 cm³/mol. The molecule has 148 valence electrons. The van der Waals surface area contributed by atoms with Crippen molar-refractivity contribution in [1.82, 2.24) is 9.97 Å². The standard InChI is InChI=1S/C28H19BrN2/c29-25-13-7-12-24(18-25)27-19-26(22-10-5-2-6-11-22)30-28(31-27)23-16-14-21(15-17-23)20-8-3-1-4-9-20/h1-19H. The highest BCUT2D eigenvalue weighted by Crippen LogP contribution is 2.29. The molecule has 0 saturated carbocycles. The van der Waals surface area contributed by atoms with Crippen molar-refractivity contribution in [3.8, 4) is 45.0 Å². The molecule has 0 amide bonds. The lowest BCUT2D eigenvalue weighted by Crippen LogP contribution is -1.96. The lowest BCUT2D eigenvalue weighted by atomic mass is 10.0. The van der Waals surface area contributed by atoms with Crippen LogP contribution < -0.4 is 0 Å². The van der Waals surface area contributed by atoms with Crippen molar-refractivity contribution in [1.29, 1.82) is 0 Å². The van der Waals surface area contributed by atoms with Crippen LogP contribution in [0.1, 0.15) is 0 Å². The lowest BCUT2D eigenvalue weighted by molar-refractivity contribution is 1.18. The van der Waals surface area contributed by atoms with Gasteiger partial charge in [0.25, 0.3) is 0 Å². The Morgan fingerprint density at radius 1 is 0.419 bits per heavy atom. The van der Waals surface area contributed by atoms with Crippen LogP contribution in [0.4, 0.5) is 0 Å². The van der Waals surface area contributed by atoms with Gasteiger partial charge in [-0.25, -0.2) is 9.97 Å². The van der Waals surface area contributed by atoms with Crippen molar-refractivity contribution in [3.05, 3.63) is 120 Å². The Morgan fingerprint density at radius 3 is 1.58 bits per heavy atom. The van der Waals surface area contributed by atoms with E-state index in [-0.39, 0.29) is 0 Å². The van der Waals surface area contributed by atoms with Crippen LogP contribution in [-0.4, -0.2) is 9.97 Å². The van der Waals surface area contributed by atoms with E-state index in [1.807, 2.05) is 36.4 Å². The average Bonchev–Trinajstić information content (AvgIpc) is 2.85. The normalized spacial score (nSPS) is 10.7. The molecule has 1 aromatic heterocycles. The summed E-state index contributed by atoms with van der Waals surface area (Å²) in [6, 6.07) is 39.3. The highest BCUT2D eigenvalue weighted by Gasteiger charge is 2.11. The molecule has 3 heteroatoms. The fourth-order valence-electron chi connectivity index (χ4n) is 3.57. The van der Waals surface area contributed by atoms with Crippen LogP contribution in [-0.2, 0) is 0 Å². The molecule has 0 aliphatic carbocycles. The zero-order chi connectivity index (χ0) is 21.0. The molecular weight excluding hydrogens is 444 g/mol. The Balaban J connectivity index is 1.61. The molecule has 0 fully saturated rings. The summed E-state index contributed by atoms with van der Waals surface area (Å²) >= 11 is 3.57. The molecule has 4 aromatic carbocycles. The van der Waals surface area contributed by atoms with E-state index in [0.29, 0.717) is 0 Å². The van der Waals surface area contributed by atoms with Gasteiger partial charge < -0.3 is 0 Å². The molecule has 31 heavy (non-hydrogen) atoms. The van der Waals surface area contributed by atoms with Crippen LogP contribution in [0, 0.1) is 0 Å². The predicted octanol–water partition coefficient (Wildman–Crippen LogP) is 7.91. The maximum atomic E-state index is 4.91. The van der Waals surface area contributed by atoms with Gasteiger partial charge in [-0.15, -0.1) is 0 Å². The summed E-state index contributed by atoms with van der Waals surface area (Å²) in [7, 11) is 0. The maximum absolute atomic E-state index is 4.91. The Kier molecular flexibility index (Phi) is 5.42. The number of hydrogen-bond donors (Lipinski definition) is 0. The van der Waals surface area contributed by atoms with Crippen molar-refractivity contribution in [2.45, 2.75) is 0 Å². The van der Waals surface area contributed by atoms with Crippen LogP contribution in [0.25, 0.3) is 45.0 Å². The second kappa shape index (κ2) is 8.66. The number of rotatable bonds is 4. The molecule has 0 N–H and O–H groups in total. The van der Waals surface area contributed by atoms with E-state index >= 15 is 0 Å². The molecule has 0 aliphatic heterocycles. The van der Waals surface area contributed by atoms with Gasteiger partial charge in [-0.3, -0.25) is 0 Å². The molecule has 0 bridgehead atoms. The van der Waals surface area contributed by atoms with Crippen LogP contribution in [0.15, 0.2) is 120 Å². The van der Waals surface area contributed by atoms with Crippen molar-refractivity contribution in [2.75, 3.05) is 0 Å². The molecule has 0 aliphatic rings. The van der Waals surface area contributed by atoms with Crippen molar-refractivity contribution < 1.29 is 0 Å². The molecular formula is C28H19BrN2. The van der Waals surface area contributed by atoms with Crippen LogP contribution in [0.5, 0.6) is 0 Å². The summed E-state index contributed by atoms with van der Waals surface area (Å²) in [4.78, 5) is 9.81. The fraction of sp³-hybridized carbons (Fsp3) is 0. The van der Waals surface area contributed by atoms with Gasteiger partial charge >= 0.3 is 0 Å². The molecule has 5 rings (SSSR count). The van der Waals surface area contributed by atoms with E-state index in [1.165, 1.54) is 11.1 Å².